The zero-order chi connectivity index (χ0) is 28.6. The Kier molecular flexibility index (Phi) is 5.33. The van der Waals surface area contributed by atoms with Crippen molar-refractivity contribution < 1.29 is 0 Å². The fraction of sp³-hybridized carbons (Fsp3) is 0.125. The molecule has 0 radical (unpaired) electrons. The van der Waals surface area contributed by atoms with Crippen LogP contribution >= 0.6 is 0 Å². The van der Waals surface area contributed by atoms with Crippen LogP contribution in [0.1, 0.15) is 36.4 Å². The van der Waals surface area contributed by atoms with Crippen LogP contribution in [-0.4, -0.2) is 9.78 Å². The maximum Gasteiger partial charge on any atom is 0.0679 e. The normalized spacial score (nSPS) is 13.4. The molecule has 0 saturated heterocycles. The van der Waals surface area contributed by atoms with Crippen molar-refractivity contribution in [3.05, 3.63) is 144 Å². The average Bonchev–Trinajstić information content (AvgIpc) is 3.44. The summed E-state index contributed by atoms with van der Waals surface area (Å²) in [7, 11) is 0. The summed E-state index contributed by atoms with van der Waals surface area (Å²) in [6.07, 6.45) is 0. The highest BCUT2D eigenvalue weighted by Crippen LogP contribution is 2.51. The SMILES string of the molecule is Cc1nn(-c2ccccc2)c(C)c1-c1c2ccccc2c(-c2ccc3c(c2)C(C)(C)c2ccccc2-3)c2ccccc12. The molecule has 0 aliphatic heterocycles. The van der Waals surface area contributed by atoms with Gasteiger partial charge >= 0.3 is 0 Å². The van der Waals surface area contributed by atoms with Crippen molar-refractivity contribution in [2.75, 3.05) is 0 Å². The van der Waals surface area contributed by atoms with Gasteiger partial charge in [0.1, 0.15) is 0 Å². The minimum Gasteiger partial charge on any atom is -0.237 e. The molecule has 2 heteroatoms. The molecule has 1 heterocycles. The number of aromatic nitrogens is 2. The number of hydrogen-bond acceptors (Lipinski definition) is 1. The summed E-state index contributed by atoms with van der Waals surface area (Å²) < 4.78 is 2.09. The van der Waals surface area contributed by atoms with Crippen LogP contribution in [0.4, 0.5) is 0 Å². The number of nitrogens with zero attached hydrogens (tertiary/aromatic N) is 2. The van der Waals surface area contributed by atoms with Gasteiger partial charge in [0.05, 0.1) is 11.4 Å². The van der Waals surface area contributed by atoms with E-state index in [0.717, 1.165) is 17.1 Å². The predicted molar refractivity (Wildman–Crippen MR) is 176 cm³/mol. The lowest BCUT2D eigenvalue weighted by atomic mass is 9.80. The highest BCUT2D eigenvalue weighted by atomic mass is 15.3. The fourth-order valence-corrected chi connectivity index (χ4v) is 7.39. The van der Waals surface area contributed by atoms with Gasteiger partial charge in [0, 0.05) is 22.2 Å². The molecule has 0 bridgehead atoms. The lowest BCUT2D eigenvalue weighted by Crippen LogP contribution is -2.14. The van der Waals surface area contributed by atoms with E-state index >= 15 is 0 Å². The summed E-state index contributed by atoms with van der Waals surface area (Å²) in [5, 5.41) is 10.1. The highest BCUT2D eigenvalue weighted by Gasteiger charge is 2.35. The quantitative estimate of drug-likeness (QED) is 0.204. The Bertz CT molecular complexity index is 2120. The second kappa shape index (κ2) is 9.03. The number of rotatable bonds is 3. The molecular formula is C40H32N2. The largest absolute Gasteiger partial charge is 0.237 e. The van der Waals surface area contributed by atoms with Gasteiger partial charge in [-0.05, 0) is 87.0 Å². The van der Waals surface area contributed by atoms with Crippen LogP contribution in [0.5, 0.6) is 0 Å². The Hall–Kier alpha value is -4.95. The van der Waals surface area contributed by atoms with Crippen molar-refractivity contribution in [2.24, 2.45) is 0 Å². The van der Waals surface area contributed by atoms with E-state index in [9.17, 15) is 0 Å². The first-order valence-corrected chi connectivity index (χ1v) is 14.8. The van der Waals surface area contributed by atoms with Crippen LogP contribution in [0.15, 0.2) is 121 Å². The molecule has 7 aromatic rings. The van der Waals surface area contributed by atoms with E-state index in [4.69, 9.17) is 5.10 Å². The first kappa shape index (κ1) is 24.8. The molecule has 6 aromatic carbocycles. The zero-order valence-corrected chi connectivity index (χ0v) is 24.4. The van der Waals surface area contributed by atoms with Crippen molar-refractivity contribution >= 4 is 21.5 Å². The summed E-state index contributed by atoms with van der Waals surface area (Å²) in [5.41, 5.74) is 13.8. The van der Waals surface area contributed by atoms with Gasteiger partial charge in [-0.2, -0.15) is 5.10 Å². The molecule has 0 amide bonds. The van der Waals surface area contributed by atoms with E-state index in [1.165, 1.54) is 66.1 Å². The molecule has 202 valence electrons. The van der Waals surface area contributed by atoms with E-state index in [2.05, 4.69) is 154 Å². The topological polar surface area (TPSA) is 17.8 Å². The average molecular weight is 541 g/mol. The lowest BCUT2D eigenvalue weighted by molar-refractivity contribution is 0.660. The molecule has 0 N–H and O–H groups in total. The molecule has 1 aliphatic rings. The fourth-order valence-electron chi connectivity index (χ4n) is 7.39. The maximum absolute atomic E-state index is 5.04. The van der Waals surface area contributed by atoms with Crippen LogP contribution in [0.2, 0.25) is 0 Å². The molecule has 1 aliphatic carbocycles. The zero-order valence-electron chi connectivity index (χ0n) is 24.4. The molecule has 8 rings (SSSR count). The van der Waals surface area contributed by atoms with E-state index in [0.29, 0.717) is 0 Å². The van der Waals surface area contributed by atoms with Gasteiger partial charge in [0.25, 0.3) is 0 Å². The lowest BCUT2D eigenvalue weighted by Gasteiger charge is -2.23. The molecule has 1 aromatic heterocycles. The van der Waals surface area contributed by atoms with Crippen molar-refractivity contribution in [1.29, 1.82) is 0 Å². The Morgan fingerprint density at radius 2 is 1.07 bits per heavy atom. The molecule has 0 saturated carbocycles. The second-order valence-corrected chi connectivity index (χ2v) is 12.1. The summed E-state index contributed by atoms with van der Waals surface area (Å²) >= 11 is 0. The molecular weight excluding hydrogens is 508 g/mol. The summed E-state index contributed by atoms with van der Waals surface area (Å²) in [4.78, 5) is 0. The van der Waals surface area contributed by atoms with E-state index < -0.39 is 0 Å². The molecule has 42 heavy (non-hydrogen) atoms. The first-order chi connectivity index (χ1) is 20.4. The van der Waals surface area contributed by atoms with Crippen LogP contribution in [0.3, 0.4) is 0 Å². The van der Waals surface area contributed by atoms with Crippen LogP contribution in [0, 0.1) is 13.8 Å². The van der Waals surface area contributed by atoms with Crippen LogP contribution in [-0.2, 0) is 5.41 Å². The minimum absolute atomic E-state index is 0.0479. The van der Waals surface area contributed by atoms with E-state index in [-0.39, 0.29) is 5.41 Å². The Morgan fingerprint density at radius 1 is 0.524 bits per heavy atom. The Balaban J connectivity index is 1.43. The number of benzene rings is 6. The van der Waals surface area contributed by atoms with Crippen molar-refractivity contribution in [3.63, 3.8) is 0 Å². The number of para-hydroxylation sites is 1. The van der Waals surface area contributed by atoms with Gasteiger partial charge in [0.2, 0.25) is 0 Å². The number of aryl methyl sites for hydroxylation is 1. The minimum atomic E-state index is -0.0479. The smallest absolute Gasteiger partial charge is 0.0679 e. The second-order valence-electron chi connectivity index (χ2n) is 12.1. The van der Waals surface area contributed by atoms with Crippen molar-refractivity contribution in [1.82, 2.24) is 9.78 Å². The molecule has 0 unspecified atom stereocenters. The third kappa shape index (κ3) is 3.42. The van der Waals surface area contributed by atoms with Gasteiger partial charge in [-0.15, -0.1) is 0 Å². The summed E-state index contributed by atoms with van der Waals surface area (Å²) in [5.74, 6) is 0. The number of hydrogen-bond donors (Lipinski definition) is 0. The third-order valence-electron chi connectivity index (χ3n) is 9.35. The summed E-state index contributed by atoms with van der Waals surface area (Å²) in [6.45, 7) is 9.05. The highest BCUT2D eigenvalue weighted by molar-refractivity contribution is 6.21. The Morgan fingerprint density at radius 3 is 1.74 bits per heavy atom. The summed E-state index contributed by atoms with van der Waals surface area (Å²) in [6, 6.07) is 44.3. The van der Waals surface area contributed by atoms with Gasteiger partial charge in [0.15, 0.2) is 0 Å². The molecule has 0 spiro atoms. The van der Waals surface area contributed by atoms with Crippen LogP contribution in [0.25, 0.3) is 60.6 Å². The first-order valence-electron chi connectivity index (χ1n) is 14.8. The van der Waals surface area contributed by atoms with Crippen molar-refractivity contribution in [3.8, 4) is 39.1 Å². The van der Waals surface area contributed by atoms with Crippen LogP contribution < -0.4 is 0 Å². The molecule has 2 nitrogen and oxygen atoms in total. The Labute approximate surface area is 246 Å². The number of fused-ring (bicyclic) bond motifs is 5. The van der Waals surface area contributed by atoms with Gasteiger partial charge < -0.3 is 0 Å². The third-order valence-corrected chi connectivity index (χ3v) is 9.35. The predicted octanol–water partition coefficient (Wildman–Crippen LogP) is 10.4. The van der Waals surface area contributed by atoms with Crippen molar-refractivity contribution in [2.45, 2.75) is 33.1 Å². The molecule has 0 atom stereocenters. The standard InChI is InChI=1S/C40H32N2/c1-25-37(26(2)42(41-25)28-14-6-5-7-15-28)39-33-19-10-8-17-31(33)38(32-18-9-11-20-34(32)39)27-22-23-30-29-16-12-13-21-35(29)40(3,4)36(30)24-27/h5-24H,1-4H3. The monoisotopic (exact) mass is 540 g/mol. The van der Waals surface area contributed by atoms with Gasteiger partial charge in [-0.1, -0.05) is 117 Å². The van der Waals surface area contributed by atoms with E-state index in [1.54, 1.807) is 0 Å². The van der Waals surface area contributed by atoms with E-state index in [1.807, 2.05) is 0 Å². The van der Waals surface area contributed by atoms with Gasteiger partial charge in [-0.3, -0.25) is 0 Å². The van der Waals surface area contributed by atoms with Gasteiger partial charge in [-0.25, -0.2) is 4.68 Å². The maximum atomic E-state index is 5.04. The molecule has 0 fully saturated rings.